The molecule has 19 heavy (non-hydrogen) atoms. The second-order valence-electron chi connectivity index (χ2n) is 5.97. The quantitative estimate of drug-likeness (QED) is 0.898. The number of rotatable bonds is 4. The van der Waals surface area contributed by atoms with Crippen molar-refractivity contribution in [3.8, 4) is 0 Å². The van der Waals surface area contributed by atoms with E-state index in [1.54, 1.807) is 0 Å². The lowest BCUT2D eigenvalue weighted by atomic mass is 9.94. The SMILES string of the molecule is Cc1nccn1CCN1CCCCC1C1CCCN1. The first-order valence-corrected chi connectivity index (χ1v) is 7.80. The van der Waals surface area contributed by atoms with E-state index < -0.39 is 0 Å². The average Bonchev–Trinajstić information content (AvgIpc) is 3.08. The zero-order valence-corrected chi connectivity index (χ0v) is 12.0. The number of hydrogen-bond donors (Lipinski definition) is 1. The molecule has 0 spiro atoms. The predicted molar refractivity (Wildman–Crippen MR) is 77.2 cm³/mol. The molecule has 1 aromatic rings. The molecule has 0 saturated carbocycles. The summed E-state index contributed by atoms with van der Waals surface area (Å²) in [6.45, 7) is 6.83. The fourth-order valence-corrected chi connectivity index (χ4v) is 3.67. The number of aryl methyl sites for hydroxylation is 1. The van der Waals surface area contributed by atoms with E-state index >= 15 is 0 Å². The Labute approximate surface area is 116 Å². The maximum Gasteiger partial charge on any atom is 0.105 e. The lowest BCUT2D eigenvalue weighted by Gasteiger charge is -2.39. The lowest BCUT2D eigenvalue weighted by Crippen LogP contribution is -2.51. The van der Waals surface area contributed by atoms with Gasteiger partial charge < -0.3 is 9.88 Å². The van der Waals surface area contributed by atoms with Gasteiger partial charge >= 0.3 is 0 Å². The van der Waals surface area contributed by atoms with Crippen molar-refractivity contribution >= 4 is 0 Å². The molecule has 0 bridgehead atoms. The molecule has 0 aromatic carbocycles. The van der Waals surface area contributed by atoms with Crippen LogP contribution < -0.4 is 5.32 Å². The summed E-state index contributed by atoms with van der Waals surface area (Å²) >= 11 is 0. The number of nitrogens with zero attached hydrogens (tertiary/aromatic N) is 3. The molecule has 4 nitrogen and oxygen atoms in total. The van der Waals surface area contributed by atoms with Gasteiger partial charge in [0.05, 0.1) is 0 Å². The predicted octanol–water partition coefficient (Wildman–Crippen LogP) is 1.80. The average molecular weight is 262 g/mol. The second kappa shape index (κ2) is 6.06. The molecule has 0 aliphatic carbocycles. The van der Waals surface area contributed by atoms with Crippen molar-refractivity contribution in [3.05, 3.63) is 18.2 Å². The van der Waals surface area contributed by atoms with E-state index in [4.69, 9.17) is 0 Å². The fraction of sp³-hybridized carbons (Fsp3) is 0.800. The van der Waals surface area contributed by atoms with Crippen molar-refractivity contribution in [1.82, 2.24) is 19.8 Å². The lowest BCUT2D eigenvalue weighted by molar-refractivity contribution is 0.115. The Morgan fingerprint density at radius 1 is 1.26 bits per heavy atom. The molecular weight excluding hydrogens is 236 g/mol. The van der Waals surface area contributed by atoms with Crippen LogP contribution in [-0.2, 0) is 6.54 Å². The molecule has 4 heteroatoms. The molecule has 2 aliphatic rings. The van der Waals surface area contributed by atoms with Crippen LogP contribution in [0.1, 0.15) is 37.9 Å². The van der Waals surface area contributed by atoms with Gasteiger partial charge in [0.1, 0.15) is 5.82 Å². The van der Waals surface area contributed by atoms with Gasteiger partial charge in [0.15, 0.2) is 0 Å². The van der Waals surface area contributed by atoms with Gasteiger partial charge in [-0.25, -0.2) is 4.98 Å². The van der Waals surface area contributed by atoms with Crippen molar-refractivity contribution in [3.63, 3.8) is 0 Å². The Morgan fingerprint density at radius 2 is 2.21 bits per heavy atom. The van der Waals surface area contributed by atoms with E-state index in [9.17, 15) is 0 Å². The van der Waals surface area contributed by atoms with Crippen molar-refractivity contribution in [1.29, 1.82) is 0 Å². The molecule has 3 heterocycles. The molecule has 2 aliphatic heterocycles. The Hall–Kier alpha value is -0.870. The first-order valence-electron chi connectivity index (χ1n) is 7.80. The third-order valence-corrected chi connectivity index (χ3v) is 4.78. The van der Waals surface area contributed by atoms with Crippen LogP contribution in [0, 0.1) is 6.92 Å². The summed E-state index contributed by atoms with van der Waals surface area (Å²) < 4.78 is 2.27. The Bertz CT molecular complexity index is 395. The van der Waals surface area contributed by atoms with Gasteiger partial charge in [-0.3, -0.25) is 4.90 Å². The van der Waals surface area contributed by atoms with Crippen LogP contribution in [0.2, 0.25) is 0 Å². The number of hydrogen-bond acceptors (Lipinski definition) is 3. The Kier molecular flexibility index (Phi) is 4.18. The third kappa shape index (κ3) is 3.00. The highest BCUT2D eigenvalue weighted by Crippen LogP contribution is 2.24. The Balaban J connectivity index is 1.59. The number of aromatic nitrogens is 2. The molecule has 1 N–H and O–H groups in total. The zero-order valence-electron chi connectivity index (χ0n) is 12.0. The van der Waals surface area contributed by atoms with Gasteiger partial charge in [-0.1, -0.05) is 6.42 Å². The minimum Gasteiger partial charge on any atom is -0.334 e. The molecule has 0 amide bonds. The third-order valence-electron chi connectivity index (χ3n) is 4.78. The van der Waals surface area contributed by atoms with Crippen molar-refractivity contribution < 1.29 is 0 Å². The molecule has 2 atom stereocenters. The number of likely N-dealkylation sites (tertiary alicyclic amines) is 1. The first-order chi connectivity index (χ1) is 9.34. The van der Waals surface area contributed by atoms with E-state index in [0.29, 0.717) is 0 Å². The van der Waals surface area contributed by atoms with Crippen molar-refractivity contribution in [2.24, 2.45) is 0 Å². The van der Waals surface area contributed by atoms with E-state index in [2.05, 4.69) is 32.9 Å². The second-order valence-corrected chi connectivity index (χ2v) is 5.97. The normalized spacial score (nSPS) is 28.9. The molecule has 2 unspecified atom stereocenters. The van der Waals surface area contributed by atoms with Crippen LogP contribution in [0.25, 0.3) is 0 Å². The van der Waals surface area contributed by atoms with Crippen LogP contribution in [0.3, 0.4) is 0 Å². The van der Waals surface area contributed by atoms with E-state index in [1.807, 2.05) is 6.20 Å². The fourth-order valence-electron chi connectivity index (χ4n) is 3.67. The smallest absolute Gasteiger partial charge is 0.105 e. The topological polar surface area (TPSA) is 33.1 Å². The van der Waals surface area contributed by atoms with Gasteiger partial charge in [0.2, 0.25) is 0 Å². The summed E-state index contributed by atoms with van der Waals surface area (Å²) in [7, 11) is 0. The van der Waals surface area contributed by atoms with Crippen LogP contribution in [0.5, 0.6) is 0 Å². The maximum absolute atomic E-state index is 4.31. The summed E-state index contributed by atoms with van der Waals surface area (Å²) in [5.74, 6) is 1.13. The summed E-state index contributed by atoms with van der Waals surface area (Å²) in [6, 6.07) is 1.50. The van der Waals surface area contributed by atoms with E-state index in [1.165, 1.54) is 51.7 Å². The number of imidazole rings is 1. The number of piperidine rings is 1. The van der Waals surface area contributed by atoms with Gasteiger partial charge in [-0.15, -0.1) is 0 Å². The Morgan fingerprint density at radius 3 is 2.95 bits per heavy atom. The van der Waals surface area contributed by atoms with Crippen molar-refractivity contribution in [2.75, 3.05) is 19.6 Å². The minimum atomic E-state index is 0.740. The van der Waals surface area contributed by atoms with Crippen molar-refractivity contribution in [2.45, 2.75) is 57.7 Å². The van der Waals surface area contributed by atoms with Crippen LogP contribution >= 0.6 is 0 Å². The molecule has 106 valence electrons. The summed E-state index contributed by atoms with van der Waals surface area (Å²) in [6.07, 6.45) is 10.9. The van der Waals surface area contributed by atoms with E-state index in [-0.39, 0.29) is 0 Å². The zero-order chi connectivity index (χ0) is 13.1. The monoisotopic (exact) mass is 262 g/mol. The first kappa shape index (κ1) is 13.1. The summed E-state index contributed by atoms with van der Waals surface area (Å²) in [5.41, 5.74) is 0. The minimum absolute atomic E-state index is 0.740. The molecular formula is C15H26N4. The molecule has 3 rings (SSSR count). The highest BCUT2D eigenvalue weighted by molar-refractivity contribution is 4.92. The molecule has 0 radical (unpaired) electrons. The summed E-state index contributed by atoms with van der Waals surface area (Å²) in [5, 5.41) is 3.70. The highest BCUT2D eigenvalue weighted by atomic mass is 15.2. The molecule has 1 aromatic heterocycles. The van der Waals surface area contributed by atoms with Gasteiger partial charge in [0.25, 0.3) is 0 Å². The maximum atomic E-state index is 4.31. The van der Waals surface area contributed by atoms with Crippen LogP contribution in [0.15, 0.2) is 12.4 Å². The molecule has 2 fully saturated rings. The number of nitrogens with one attached hydrogen (secondary N) is 1. The van der Waals surface area contributed by atoms with Crippen LogP contribution in [0.4, 0.5) is 0 Å². The van der Waals surface area contributed by atoms with Gasteiger partial charge in [0, 0.05) is 37.6 Å². The van der Waals surface area contributed by atoms with Crippen LogP contribution in [-0.4, -0.2) is 46.2 Å². The highest BCUT2D eigenvalue weighted by Gasteiger charge is 2.31. The molecule has 2 saturated heterocycles. The van der Waals surface area contributed by atoms with Gasteiger partial charge in [-0.05, 0) is 45.7 Å². The largest absolute Gasteiger partial charge is 0.334 e. The standard InChI is InChI=1S/C15H26N4/c1-13-16-8-10-18(13)11-12-19-9-3-2-6-15(19)14-5-4-7-17-14/h8,10,14-15,17H,2-7,9,11-12H2,1H3. The van der Waals surface area contributed by atoms with Gasteiger partial charge in [-0.2, -0.15) is 0 Å². The summed E-state index contributed by atoms with van der Waals surface area (Å²) in [4.78, 5) is 7.02. The van der Waals surface area contributed by atoms with E-state index in [0.717, 1.165) is 24.5 Å².